The Balaban J connectivity index is 1.43. The fourth-order valence-corrected chi connectivity index (χ4v) is 3.48. The van der Waals surface area contributed by atoms with Gasteiger partial charge in [0, 0.05) is 44.3 Å². The lowest BCUT2D eigenvalue weighted by molar-refractivity contribution is 0.776. The fraction of sp³-hybridized carbons (Fsp3) is 0.0952. The average molecular weight is 417 g/mol. The molecule has 5 aromatic heterocycles. The second kappa shape index (κ2) is 7.57. The van der Waals surface area contributed by atoms with E-state index in [4.69, 9.17) is 11.6 Å². The number of pyridine rings is 3. The average Bonchev–Trinajstić information content (AvgIpc) is 3.34. The maximum absolute atomic E-state index is 6.04. The molecule has 148 valence electrons. The second-order valence-electron chi connectivity index (χ2n) is 6.84. The number of nitrogens with zero attached hydrogens (tertiary/aromatic N) is 7. The Kier molecular flexibility index (Phi) is 4.61. The lowest BCUT2D eigenvalue weighted by Gasteiger charge is -2.08. The Morgan fingerprint density at radius 2 is 1.90 bits per heavy atom. The number of anilines is 2. The van der Waals surface area contributed by atoms with Crippen LogP contribution >= 0.6 is 11.6 Å². The van der Waals surface area contributed by atoms with Crippen LogP contribution in [-0.4, -0.2) is 34.3 Å². The molecule has 0 aliphatic carbocycles. The first kappa shape index (κ1) is 18.3. The first-order valence-corrected chi connectivity index (χ1v) is 9.68. The monoisotopic (exact) mass is 416 g/mol. The van der Waals surface area contributed by atoms with E-state index >= 15 is 0 Å². The lowest BCUT2D eigenvalue weighted by Crippen LogP contribution is -2.00. The molecule has 0 saturated carbocycles. The predicted octanol–water partition coefficient (Wildman–Crippen LogP) is 3.91. The maximum Gasteiger partial charge on any atom is 0.161 e. The number of halogens is 1. The van der Waals surface area contributed by atoms with Gasteiger partial charge in [-0.1, -0.05) is 11.6 Å². The third-order valence-electron chi connectivity index (χ3n) is 4.77. The summed E-state index contributed by atoms with van der Waals surface area (Å²) in [5.74, 6) is 2.44. The van der Waals surface area contributed by atoms with Crippen LogP contribution in [0.3, 0.4) is 0 Å². The summed E-state index contributed by atoms with van der Waals surface area (Å²) in [6, 6.07) is 11.8. The number of nitrogens with one attached hydrogen (secondary N) is 1. The standard InChI is InChI=1S/C21H17ClN8/c1-29-19(3-6-25-29)26-18-10-15(2-5-24-18)16-4-7-30-20(27-28-21(30)11-16)9-14-8-17(22)13-23-12-14/h2-8,10-13H,9H2,1H3,(H,24,26). The second-order valence-corrected chi connectivity index (χ2v) is 7.28. The molecule has 0 aliphatic heterocycles. The van der Waals surface area contributed by atoms with Gasteiger partial charge < -0.3 is 5.32 Å². The van der Waals surface area contributed by atoms with Gasteiger partial charge in [-0.3, -0.25) is 14.1 Å². The van der Waals surface area contributed by atoms with Crippen molar-refractivity contribution < 1.29 is 0 Å². The van der Waals surface area contributed by atoms with Crippen LogP contribution in [0.1, 0.15) is 11.4 Å². The van der Waals surface area contributed by atoms with Gasteiger partial charge in [0.2, 0.25) is 0 Å². The van der Waals surface area contributed by atoms with Crippen molar-refractivity contribution in [2.24, 2.45) is 7.05 Å². The van der Waals surface area contributed by atoms with Crippen LogP contribution in [0.25, 0.3) is 16.8 Å². The first-order chi connectivity index (χ1) is 14.7. The van der Waals surface area contributed by atoms with E-state index in [-0.39, 0.29) is 0 Å². The van der Waals surface area contributed by atoms with E-state index in [0.717, 1.165) is 39.8 Å². The molecule has 1 N–H and O–H groups in total. The van der Waals surface area contributed by atoms with Crippen molar-refractivity contribution in [2.75, 3.05) is 5.32 Å². The van der Waals surface area contributed by atoms with Crippen molar-refractivity contribution in [3.8, 4) is 11.1 Å². The van der Waals surface area contributed by atoms with Gasteiger partial charge in [0.25, 0.3) is 0 Å². The van der Waals surface area contributed by atoms with Gasteiger partial charge in [0.1, 0.15) is 17.5 Å². The molecule has 5 aromatic rings. The van der Waals surface area contributed by atoms with E-state index < -0.39 is 0 Å². The fourth-order valence-electron chi connectivity index (χ4n) is 3.28. The highest BCUT2D eigenvalue weighted by molar-refractivity contribution is 6.30. The normalized spacial score (nSPS) is 11.1. The molecule has 0 unspecified atom stereocenters. The Morgan fingerprint density at radius 1 is 1.00 bits per heavy atom. The quantitative estimate of drug-likeness (QED) is 0.467. The number of fused-ring (bicyclic) bond motifs is 1. The molecule has 0 atom stereocenters. The molecule has 0 aromatic carbocycles. The minimum atomic E-state index is 0.599. The Hall–Kier alpha value is -3.78. The summed E-state index contributed by atoms with van der Waals surface area (Å²) >= 11 is 6.04. The van der Waals surface area contributed by atoms with Crippen LogP contribution in [0, 0.1) is 0 Å². The number of rotatable bonds is 5. The zero-order valence-corrected chi connectivity index (χ0v) is 16.8. The summed E-state index contributed by atoms with van der Waals surface area (Å²) in [6.07, 6.45) is 9.50. The van der Waals surface area contributed by atoms with Gasteiger partial charge in [0.05, 0.1) is 11.2 Å². The zero-order valence-electron chi connectivity index (χ0n) is 16.1. The summed E-state index contributed by atoms with van der Waals surface area (Å²) < 4.78 is 3.73. The third kappa shape index (κ3) is 3.60. The summed E-state index contributed by atoms with van der Waals surface area (Å²) in [7, 11) is 1.88. The van der Waals surface area contributed by atoms with Crippen molar-refractivity contribution in [1.82, 2.24) is 34.3 Å². The summed E-state index contributed by atoms with van der Waals surface area (Å²) in [5, 5.41) is 16.7. The van der Waals surface area contributed by atoms with Crippen molar-refractivity contribution in [1.29, 1.82) is 0 Å². The molecule has 0 amide bonds. The Labute approximate surface area is 177 Å². The molecule has 8 nitrogen and oxygen atoms in total. The molecule has 0 spiro atoms. The first-order valence-electron chi connectivity index (χ1n) is 9.30. The molecule has 5 rings (SSSR count). The molecule has 0 aliphatic rings. The molecule has 0 bridgehead atoms. The molecule has 0 fully saturated rings. The lowest BCUT2D eigenvalue weighted by atomic mass is 10.1. The van der Waals surface area contributed by atoms with Crippen molar-refractivity contribution in [2.45, 2.75) is 6.42 Å². The van der Waals surface area contributed by atoms with Crippen LogP contribution in [0.4, 0.5) is 11.6 Å². The van der Waals surface area contributed by atoms with E-state index in [2.05, 4.69) is 30.6 Å². The number of aromatic nitrogens is 7. The van der Waals surface area contributed by atoms with Gasteiger partial charge in [-0.2, -0.15) is 5.10 Å². The van der Waals surface area contributed by atoms with E-state index in [1.807, 2.05) is 54.0 Å². The molecule has 30 heavy (non-hydrogen) atoms. The van der Waals surface area contributed by atoms with Crippen LogP contribution in [-0.2, 0) is 13.5 Å². The highest BCUT2D eigenvalue weighted by Gasteiger charge is 2.10. The SMILES string of the molecule is Cn1nccc1Nc1cc(-c2ccn3c(Cc4cncc(Cl)c4)nnc3c2)ccn1. The summed E-state index contributed by atoms with van der Waals surface area (Å²) in [4.78, 5) is 8.53. The molecule has 0 radical (unpaired) electrons. The van der Waals surface area contributed by atoms with Crippen molar-refractivity contribution >= 4 is 28.9 Å². The smallest absolute Gasteiger partial charge is 0.161 e. The van der Waals surface area contributed by atoms with Crippen molar-refractivity contribution in [3.05, 3.63) is 83.8 Å². The zero-order chi connectivity index (χ0) is 20.5. The Morgan fingerprint density at radius 3 is 2.73 bits per heavy atom. The number of hydrogen-bond acceptors (Lipinski definition) is 6. The van der Waals surface area contributed by atoms with E-state index in [1.54, 1.807) is 29.5 Å². The topological polar surface area (TPSA) is 85.8 Å². The number of hydrogen-bond donors (Lipinski definition) is 1. The minimum Gasteiger partial charge on any atom is -0.325 e. The van der Waals surface area contributed by atoms with Gasteiger partial charge in [-0.25, -0.2) is 4.98 Å². The van der Waals surface area contributed by atoms with Gasteiger partial charge >= 0.3 is 0 Å². The van der Waals surface area contributed by atoms with Gasteiger partial charge in [-0.05, 0) is 47.0 Å². The third-order valence-corrected chi connectivity index (χ3v) is 4.98. The largest absolute Gasteiger partial charge is 0.325 e. The predicted molar refractivity (Wildman–Crippen MR) is 115 cm³/mol. The van der Waals surface area contributed by atoms with E-state index in [9.17, 15) is 0 Å². The van der Waals surface area contributed by atoms with Crippen LogP contribution in [0.2, 0.25) is 5.02 Å². The molecular weight excluding hydrogens is 400 g/mol. The molecular formula is C21H17ClN8. The van der Waals surface area contributed by atoms with E-state index in [1.165, 1.54) is 0 Å². The molecule has 9 heteroatoms. The molecule has 0 saturated heterocycles. The highest BCUT2D eigenvalue weighted by Crippen LogP contribution is 2.24. The molecule has 5 heterocycles. The maximum atomic E-state index is 6.04. The van der Waals surface area contributed by atoms with Crippen LogP contribution < -0.4 is 5.32 Å². The van der Waals surface area contributed by atoms with Crippen LogP contribution in [0.5, 0.6) is 0 Å². The number of aryl methyl sites for hydroxylation is 1. The minimum absolute atomic E-state index is 0.599. The highest BCUT2D eigenvalue weighted by atomic mass is 35.5. The van der Waals surface area contributed by atoms with Crippen molar-refractivity contribution in [3.63, 3.8) is 0 Å². The Bertz CT molecular complexity index is 1340. The summed E-state index contributed by atoms with van der Waals surface area (Å²) in [5.41, 5.74) is 3.82. The summed E-state index contributed by atoms with van der Waals surface area (Å²) in [6.45, 7) is 0. The van der Waals surface area contributed by atoms with Crippen LogP contribution in [0.15, 0.2) is 67.4 Å². The van der Waals surface area contributed by atoms with E-state index in [0.29, 0.717) is 11.4 Å². The van der Waals surface area contributed by atoms with Gasteiger partial charge in [-0.15, -0.1) is 10.2 Å². The van der Waals surface area contributed by atoms with Gasteiger partial charge in [0.15, 0.2) is 5.65 Å².